The van der Waals surface area contributed by atoms with E-state index in [-0.39, 0.29) is 5.92 Å². The number of piperazine rings is 1. The maximum Gasteiger partial charge on any atom is 0.228 e. The summed E-state index contributed by atoms with van der Waals surface area (Å²) in [6.45, 7) is 7.96. The van der Waals surface area contributed by atoms with Gasteiger partial charge in [-0.15, -0.1) is 0 Å². The van der Waals surface area contributed by atoms with E-state index < -0.39 is 0 Å². The Hall–Kier alpha value is -2.64. The third-order valence-electron chi connectivity index (χ3n) is 5.41. The summed E-state index contributed by atoms with van der Waals surface area (Å²) in [7, 11) is 2.14. The molecule has 7 nitrogen and oxygen atoms in total. The summed E-state index contributed by atoms with van der Waals surface area (Å²) in [5.41, 5.74) is 1.98. The van der Waals surface area contributed by atoms with Gasteiger partial charge in [0.05, 0.1) is 5.92 Å². The fraction of sp³-hybridized carbons (Fsp3) is 0.409. The van der Waals surface area contributed by atoms with E-state index in [1.165, 1.54) is 0 Å². The Morgan fingerprint density at radius 1 is 0.900 bits per heavy atom. The van der Waals surface area contributed by atoms with Crippen molar-refractivity contribution in [1.82, 2.24) is 29.8 Å². The molecule has 156 valence electrons. The van der Waals surface area contributed by atoms with Crippen LogP contribution in [-0.4, -0.2) is 63.0 Å². The van der Waals surface area contributed by atoms with Crippen molar-refractivity contribution in [2.45, 2.75) is 26.2 Å². The lowest BCUT2D eigenvalue weighted by atomic mass is 10.1. The van der Waals surface area contributed by atoms with E-state index in [2.05, 4.69) is 43.7 Å². The third kappa shape index (κ3) is 4.57. The Bertz CT molecular complexity index is 983. The molecule has 1 aliphatic heterocycles. The van der Waals surface area contributed by atoms with Crippen molar-refractivity contribution >= 4 is 17.5 Å². The number of rotatable bonds is 5. The molecule has 0 amide bonds. The first-order valence-corrected chi connectivity index (χ1v) is 10.7. The summed E-state index contributed by atoms with van der Waals surface area (Å²) in [6.07, 6.45) is 4.44. The highest BCUT2D eigenvalue weighted by Gasteiger charge is 2.21. The molecule has 0 unspecified atom stereocenters. The van der Waals surface area contributed by atoms with Gasteiger partial charge >= 0.3 is 0 Å². The summed E-state index contributed by atoms with van der Waals surface area (Å²) < 4.78 is 0. The zero-order chi connectivity index (χ0) is 21.1. The van der Waals surface area contributed by atoms with Crippen LogP contribution < -0.4 is 4.90 Å². The van der Waals surface area contributed by atoms with Gasteiger partial charge < -0.3 is 9.80 Å². The summed E-state index contributed by atoms with van der Waals surface area (Å²) in [5.74, 6) is 2.86. The second kappa shape index (κ2) is 9.02. The van der Waals surface area contributed by atoms with Crippen LogP contribution in [0.4, 0.5) is 5.95 Å². The van der Waals surface area contributed by atoms with Gasteiger partial charge in [-0.3, -0.25) is 0 Å². The lowest BCUT2D eigenvalue weighted by molar-refractivity contribution is 0.310. The van der Waals surface area contributed by atoms with E-state index >= 15 is 0 Å². The summed E-state index contributed by atoms with van der Waals surface area (Å²) >= 11 is 5.98. The lowest BCUT2D eigenvalue weighted by Gasteiger charge is -2.32. The fourth-order valence-electron chi connectivity index (χ4n) is 3.39. The van der Waals surface area contributed by atoms with E-state index in [1.54, 1.807) is 0 Å². The van der Waals surface area contributed by atoms with Crippen LogP contribution in [0.3, 0.4) is 0 Å². The van der Waals surface area contributed by atoms with Gasteiger partial charge in [-0.25, -0.2) is 15.0 Å². The van der Waals surface area contributed by atoms with Crippen LogP contribution in [0, 0.1) is 0 Å². The Balaban J connectivity index is 1.58. The van der Waals surface area contributed by atoms with Crippen molar-refractivity contribution in [3.63, 3.8) is 0 Å². The van der Waals surface area contributed by atoms with Crippen LogP contribution >= 0.6 is 11.6 Å². The summed E-state index contributed by atoms with van der Waals surface area (Å²) in [4.78, 5) is 27.9. The van der Waals surface area contributed by atoms with Crippen molar-refractivity contribution in [2.75, 3.05) is 38.1 Å². The highest BCUT2D eigenvalue weighted by atomic mass is 35.5. The first-order chi connectivity index (χ1) is 14.5. The minimum atomic E-state index is -0.121. The molecule has 1 aromatic carbocycles. The van der Waals surface area contributed by atoms with Crippen molar-refractivity contribution in [3.05, 3.63) is 59.2 Å². The average Bonchev–Trinajstić information content (AvgIpc) is 2.79. The van der Waals surface area contributed by atoms with Crippen molar-refractivity contribution in [2.24, 2.45) is 0 Å². The summed E-state index contributed by atoms with van der Waals surface area (Å²) in [6, 6.07) is 7.66. The molecule has 1 saturated heterocycles. The number of hydrogen-bond acceptors (Lipinski definition) is 7. The van der Waals surface area contributed by atoms with Gasteiger partial charge in [-0.2, -0.15) is 9.97 Å². The first-order valence-electron chi connectivity index (χ1n) is 10.3. The van der Waals surface area contributed by atoms with Crippen LogP contribution in [0.5, 0.6) is 0 Å². The number of aryl methyl sites for hydroxylation is 1. The minimum Gasteiger partial charge on any atom is -0.338 e. The van der Waals surface area contributed by atoms with Crippen molar-refractivity contribution in [1.29, 1.82) is 0 Å². The predicted octanol–water partition coefficient (Wildman–Crippen LogP) is 3.45. The van der Waals surface area contributed by atoms with Gasteiger partial charge in [-0.1, -0.05) is 30.7 Å². The molecular formula is C22H26ClN7. The van der Waals surface area contributed by atoms with E-state index in [1.807, 2.05) is 43.6 Å². The van der Waals surface area contributed by atoms with E-state index in [9.17, 15) is 0 Å². The van der Waals surface area contributed by atoms with E-state index in [0.29, 0.717) is 10.8 Å². The van der Waals surface area contributed by atoms with Gasteiger partial charge in [0.25, 0.3) is 0 Å². The van der Waals surface area contributed by atoms with Crippen molar-refractivity contribution < 1.29 is 0 Å². The molecule has 3 heterocycles. The monoisotopic (exact) mass is 423 g/mol. The number of likely N-dealkylation sites (N-methyl/N-ethyl adjacent to an activating group) is 1. The number of halogens is 1. The minimum absolute atomic E-state index is 0.121. The molecule has 0 radical (unpaired) electrons. The Kier molecular flexibility index (Phi) is 6.20. The molecule has 1 aliphatic rings. The fourth-order valence-corrected chi connectivity index (χ4v) is 3.52. The highest BCUT2D eigenvalue weighted by Crippen LogP contribution is 2.24. The number of hydrogen-bond donors (Lipinski definition) is 0. The molecular weight excluding hydrogens is 398 g/mol. The van der Waals surface area contributed by atoms with Crippen LogP contribution in [0.2, 0.25) is 5.02 Å². The standard InChI is InChI=1S/C22H26ClN7/c1-4-19-26-21(28-22(27-19)30-11-9-29(3)10-12-30)15(2)20-24-13-17(14-25-20)16-5-7-18(23)8-6-16/h5-8,13-15H,4,9-12H2,1-3H3/t15-/m0/s1. The summed E-state index contributed by atoms with van der Waals surface area (Å²) in [5, 5.41) is 0.711. The molecule has 4 rings (SSSR count). The average molecular weight is 424 g/mol. The largest absolute Gasteiger partial charge is 0.338 e. The van der Waals surface area contributed by atoms with Gasteiger partial charge in [0, 0.05) is 55.6 Å². The molecule has 2 aromatic heterocycles. The predicted molar refractivity (Wildman–Crippen MR) is 119 cm³/mol. The Morgan fingerprint density at radius 3 is 2.20 bits per heavy atom. The molecule has 0 aliphatic carbocycles. The quantitative estimate of drug-likeness (QED) is 0.622. The van der Waals surface area contributed by atoms with Gasteiger partial charge in [0.1, 0.15) is 17.5 Å². The second-order valence-corrected chi connectivity index (χ2v) is 8.05. The lowest BCUT2D eigenvalue weighted by Crippen LogP contribution is -2.45. The smallest absolute Gasteiger partial charge is 0.228 e. The molecule has 30 heavy (non-hydrogen) atoms. The molecule has 0 spiro atoms. The molecule has 8 heteroatoms. The SMILES string of the molecule is CCc1nc([C@@H](C)c2ncc(-c3ccc(Cl)cc3)cn2)nc(N2CCN(C)CC2)n1. The van der Waals surface area contributed by atoms with Gasteiger partial charge in [-0.05, 0) is 31.7 Å². The molecule has 1 atom stereocenters. The second-order valence-electron chi connectivity index (χ2n) is 7.61. The van der Waals surface area contributed by atoms with Gasteiger partial charge in [0.15, 0.2) is 0 Å². The molecule has 0 N–H and O–H groups in total. The zero-order valence-corrected chi connectivity index (χ0v) is 18.3. The third-order valence-corrected chi connectivity index (χ3v) is 5.67. The highest BCUT2D eigenvalue weighted by molar-refractivity contribution is 6.30. The van der Waals surface area contributed by atoms with Crippen LogP contribution in [0.25, 0.3) is 11.1 Å². The number of benzene rings is 1. The normalized spacial score (nSPS) is 15.9. The molecule has 0 bridgehead atoms. The van der Waals surface area contributed by atoms with E-state index in [4.69, 9.17) is 16.6 Å². The van der Waals surface area contributed by atoms with Crippen LogP contribution in [0.1, 0.15) is 37.2 Å². The van der Waals surface area contributed by atoms with Crippen molar-refractivity contribution in [3.8, 4) is 11.1 Å². The molecule has 3 aromatic rings. The van der Waals surface area contributed by atoms with Gasteiger partial charge in [0.2, 0.25) is 5.95 Å². The topological polar surface area (TPSA) is 70.9 Å². The maximum atomic E-state index is 5.98. The number of anilines is 1. The number of nitrogens with zero attached hydrogens (tertiary/aromatic N) is 7. The molecule has 1 fully saturated rings. The zero-order valence-electron chi connectivity index (χ0n) is 17.6. The Labute approximate surface area is 182 Å². The van der Waals surface area contributed by atoms with Crippen LogP contribution in [0.15, 0.2) is 36.7 Å². The van der Waals surface area contributed by atoms with Crippen LogP contribution in [-0.2, 0) is 6.42 Å². The Morgan fingerprint density at radius 2 is 1.57 bits per heavy atom. The number of aromatic nitrogens is 5. The molecule has 0 saturated carbocycles. The maximum absolute atomic E-state index is 5.98. The van der Waals surface area contributed by atoms with E-state index in [0.717, 1.165) is 61.3 Å². The first kappa shape index (κ1) is 20.6.